The molecule has 0 bridgehead atoms. The van der Waals surface area contributed by atoms with E-state index in [-0.39, 0.29) is 0 Å². The summed E-state index contributed by atoms with van der Waals surface area (Å²) in [6, 6.07) is 7.96. The summed E-state index contributed by atoms with van der Waals surface area (Å²) in [5.74, 6) is 2.37. The van der Waals surface area contributed by atoms with Crippen molar-refractivity contribution in [3.63, 3.8) is 0 Å². The largest absolute Gasteiger partial charge is 0.494 e. The van der Waals surface area contributed by atoms with Crippen LogP contribution in [-0.4, -0.2) is 11.7 Å². The van der Waals surface area contributed by atoms with Gasteiger partial charge in [-0.3, -0.25) is 0 Å². The lowest BCUT2D eigenvalue weighted by atomic mass is 9.72. The first-order valence-corrected chi connectivity index (χ1v) is 7.51. The molecule has 2 heteroatoms. The average molecular weight is 262 g/mol. The Hall–Kier alpha value is -1.02. The molecule has 106 valence electrons. The second-order valence-electron chi connectivity index (χ2n) is 6.07. The molecule has 1 saturated carbocycles. The van der Waals surface area contributed by atoms with Crippen molar-refractivity contribution < 1.29 is 9.84 Å². The molecule has 1 aromatic carbocycles. The maximum absolute atomic E-state index is 10.8. The van der Waals surface area contributed by atoms with Gasteiger partial charge in [0, 0.05) is 0 Å². The molecule has 0 saturated heterocycles. The van der Waals surface area contributed by atoms with Gasteiger partial charge in [-0.1, -0.05) is 26.0 Å². The van der Waals surface area contributed by atoms with Gasteiger partial charge < -0.3 is 9.84 Å². The monoisotopic (exact) mass is 262 g/mol. The van der Waals surface area contributed by atoms with Crippen molar-refractivity contribution in [2.75, 3.05) is 6.61 Å². The molecule has 1 aliphatic rings. The quantitative estimate of drug-likeness (QED) is 0.884. The second-order valence-corrected chi connectivity index (χ2v) is 6.07. The van der Waals surface area contributed by atoms with Gasteiger partial charge in [0.25, 0.3) is 0 Å². The SMILES string of the molecule is CCOc1ccc(C2(O)CCC(C(C)C)CC2)cc1. The van der Waals surface area contributed by atoms with Gasteiger partial charge in [-0.25, -0.2) is 0 Å². The minimum absolute atomic E-state index is 0.629. The van der Waals surface area contributed by atoms with Crippen LogP contribution in [0, 0.1) is 11.8 Å². The van der Waals surface area contributed by atoms with Gasteiger partial charge in [-0.05, 0) is 62.1 Å². The molecule has 0 unspecified atom stereocenters. The molecule has 2 rings (SSSR count). The number of hydrogen-bond donors (Lipinski definition) is 1. The normalized spacial score (nSPS) is 27.5. The average Bonchev–Trinajstić information content (AvgIpc) is 2.40. The van der Waals surface area contributed by atoms with E-state index in [0.29, 0.717) is 6.61 Å². The Labute approximate surface area is 116 Å². The Bertz CT molecular complexity index is 386. The molecule has 0 heterocycles. The summed E-state index contributed by atoms with van der Waals surface area (Å²) in [5.41, 5.74) is 0.411. The fraction of sp³-hybridized carbons (Fsp3) is 0.647. The predicted octanol–water partition coefficient (Wildman–Crippen LogP) is 4.12. The van der Waals surface area contributed by atoms with E-state index in [9.17, 15) is 5.11 Å². The van der Waals surface area contributed by atoms with Crippen molar-refractivity contribution in [2.24, 2.45) is 11.8 Å². The number of benzene rings is 1. The van der Waals surface area contributed by atoms with Crippen LogP contribution in [0.4, 0.5) is 0 Å². The molecule has 0 spiro atoms. The molecule has 0 atom stereocenters. The zero-order chi connectivity index (χ0) is 13.9. The van der Waals surface area contributed by atoms with E-state index in [1.165, 1.54) is 0 Å². The maximum atomic E-state index is 10.8. The van der Waals surface area contributed by atoms with Crippen molar-refractivity contribution in [3.05, 3.63) is 29.8 Å². The number of hydrogen-bond acceptors (Lipinski definition) is 2. The third-order valence-electron chi connectivity index (χ3n) is 4.50. The minimum Gasteiger partial charge on any atom is -0.494 e. The highest BCUT2D eigenvalue weighted by Gasteiger charge is 2.35. The molecule has 1 fully saturated rings. The summed E-state index contributed by atoms with van der Waals surface area (Å²) in [7, 11) is 0. The van der Waals surface area contributed by atoms with Crippen LogP contribution in [0.15, 0.2) is 24.3 Å². The number of aliphatic hydroxyl groups is 1. The van der Waals surface area contributed by atoms with Crippen molar-refractivity contribution in [3.8, 4) is 5.75 Å². The Morgan fingerprint density at radius 1 is 1.21 bits per heavy atom. The summed E-state index contributed by atoms with van der Waals surface area (Å²) in [5, 5.41) is 10.8. The molecular formula is C17H26O2. The van der Waals surface area contributed by atoms with Crippen LogP contribution in [0.25, 0.3) is 0 Å². The highest BCUT2D eigenvalue weighted by atomic mass is 16.5. The van der Waals surface area contributed by atoms with Gasteiger partial charge in [-0.2, -0.15) is 0 Å². The second kappa shape index (κ2) is 5.96. The third kappa shape index (κ3) is 3.30. The molecule has 0 aromatic heterocycles. The minimum atomic E-state index is -0.629. The number of rotatable bonds is 4. The van der Waals surface area contributed by atoms with Crippen molar-refractivity contribution in [1.29, 1.82) is 0 Å². The molecule has 0 amide bonds. The van der Waals surface area contributed by atoms with Crippen LogP contribution >= 0.6 is 0 Å². The molecule has 2 nitrogen and oxygen atoms in total. The van der Waals surface area contributed by atoms with Crippen LogP contribution in [0.5, 0.6) is 5.75 Å². The highest BCUT2D eigenvalue weighted by Crippen LogP contribution is 2.41. The summed E-state index contributed by atoms with van der Waals surface area (Å²) in [4.78, 5) is 0. The Morgan fingerprint density at radius 3 is 2.26 bits per heavy atom. The molecule has 0 radical (unpaired) electrons. The fourth-order valence-electron chi connectivity index (χ4n) is 3.10. The van der Waals surface area contributed by atoms with Crippen molar-refractivity contribution in [2.45, 2.75) is 52.1 Å². The fourth-order valence-corrected chi connectivity index (χ4v) is 3.10. The Kier molecular flexibility index (Phi) is 4.51. The third-order valence-corrected chi connectivity index (χ3v) is 4.50. The van der Waals surface area contributed by atoms with Gasteiger partial charge in [0.2, 0.25) is 0 Å². The van der Waals surface area contributed by atoms with Crippen molar-refractivity contribution in [1.82, 2.24) is 0 Å². The van der Waals surface area contributed by atoms with E-state index in [4.69, 9.17) is 4.74 Å². The van der Waals surface area contributed by atoms with Gasteiger partial charge in [0.05, 0.1) is 12.2 Å². The van der Waals surface area contributed by atoms with Gasteiger partial charge in [-0.15, -0.1) is 0 Å². The van der Waals surface area contributed by atoms with Gasteiger partial charge in [0.15, 0.2) is 0 Å². The van der Waals surface area contributed by atoms with Crippen LogP contribution in [0.3, 0.4) is 0 Å². The summed E-state index contributed by atoms with van der Waals surface area (Å²) in [6.07, 6.45) is 4.01. The van der Waals surface area contributed by atoms with E-state index < -0.39 is 5.60 Å². The van der Waals surface area contributed by atoms with Gasteiger partial charge in [0.1, 0.15) is 5.75 Å². The van der Waals surface area contributed by atoms with Crippen LogP contribution in [-0.2, 0) is 5.60 Å². The van der Waals surface area contributed by atoms with E-state index in [2.05, 4.69) is 13.8 Å². The molecule has 1 N–H and O–H groups in total. The number of ether oxygens (including phenoxy) is 1. The molecular weight excluding hydrogens is 236 g/mol. The maximum Gasteiger partial charge on any atom is 0.119 e. The van der Waals surface area contributed by atoms with E-state index in [1.54, 1.807) is 0 Å². The smallest absolute Gasteiger partial charge is 0.119 e. The lowest BCUT2D eigenvalue weighted by molar-refractivity contribution is -0.0199. The summed E-state index contributed by atoms with van der Waals surface area (Å²) >= 11 is 0. The highest BCUT2D eigenvalue weighted by molar-refractivity contribution is 5.31. The first kappa shape index (κ1) is 14.4. The van der Waals surface area contributed by atoms with E-state index >= 15 is 0 Å². The zero-order valence-corrected chi connectivity index (χ0v) is 12.4. The Morgan fingerprint density at radius 2 is 1.79 bits per heavy atom. The Balaban J connectivity index is 2.04. The van der Waals surface area contributed by atoms with Crippen molar-refractivity contribution >= 4 is 0 Å². The topological polar surface area (TPSA) is 29.5 Å². The van der Waals surface area contributed by atoms with E-state index in [0.717, 1.165) is 48.8 Å². The zero-order valence-electron chi connectivity index (χ0n) is 12.4. The first-order valence-electron chi connectivity index (χ1n) is 7.51. The standard InChI is InChI=1S/C17H26O2/c1-4-19-16-7-5-15(6-8-16)17(18)11-9-14(10-12-17)13(2)3/h5-8,13-14,18H,4,9-12H2,1-3H3. The lowest BCUT2D eigenvalue weighted by Crippen LogP contribution is -2.32. The van der Waals surface area contributed by atoms with Crippen LogP contribution in [0.1, 0.15) is 52.0 Å². The molecule has 19 heavy (non-hydrogen) atoms. The first-order chi connectivity index (χ1) is 9.05. The molecule has 0 aliphatic heterocycles. The summed E-state index contributed by atoms with van der Waals surface area (Å²) < 4.78 is 5.45. The molecule has 1 aliphatic carbocycles. The van der Waals surface area contributed by atoms with Gasteiger partial charge >= 0.3 is 0 Å². The summed E-state index contributed by atoms with van der Waals surface area (Å²) in [6.45, 7) is 7.23. The van der Waals surface area contributed by atoms with Crippen LogP contribution in [0.2, 0.25) is 0 Å². The van der Waals surface area contributed by atoms with Crippen LogP contribution < -0.4 is 4.74 Å². The van der Waals surface area contributed by atoms with E-state index in [1.807, 2.05) is 31.2 Å². The predicted molar refractivity (Wildman–Crippen MR) is 78.3 cm³/mol. The lowest BCUT2D eigenvalue weighted by Gasteiger charge is -2.38. The molecule has 1 aromatic rings.